The number of aromatic nitrogens is 3. The Balaban J connectivity index is 1.81. The minimum atomic E-state index is -0.389. The van der Waals surface area contributed by atoms with Crippen molar-refractivity contribution in [2.45, 2.75) is 38.3 Å². The molecular weight excluding hydrogens is 280 g/mol. The second-order valence-corrected chi connectivity index (χ2v) is 5.78. The Labute approximate surface area is 129 Å². The maximum absolute atomic E-state index is 12.8. The van der Waals surface area contributed by atoms with Gasteiger partial charge in [-0.05, 0) is 44.4 Å². The molecular formula is C16H20N4O2. The van der Waals surface area contributed by atoms with Crippen LogP contribution in [0.25, 0.3) is 5.69 Å². The van der Waals surface area contributed by atoms with Gasteiger partial charge in [-0.2, -0.15) is 0 Å². The van der Waals surface area contributed by atoms with Crippen LogP contribution in [0.3, 0.4) is 0 Å². The highest BCUT2D eigenvalue weighted by molar-refractivity contribution is 5.95. The molecule has 1 amide bonds. The van der Waals surface area contributed by atoms with E-state index in [1.54, 1.807) is 24.0 Å². The molecule has 0 aliphatic carbocycles. The smallest absolute Gasteiger partial charge is 0.254 e. The summed E-state index contributed by atoms with van der Waals surface area (Å²) < 4.78 is 1.63. The molecule has 2 atom stereocenters. The van der Waals surface area contributed by atoms with Gasteiger partial charge >= 0.3 is 0 Å². The molecule has 22 heavy (non-hydrogen) atoms. The number of aliphatic hydroxyl groups excluding tert-OH is 1. The Morgan fingerprint density at radius 3 is 3.09 bits per heavy atom. The molecule has 0 radical (unpaired) electrons. The van der Waals surface area contributed by atoms with Crippen molar-refractivity contribution >= 4 is 5.91 Å². The molecule has 1 aromatic carbocycles. The van der Waals surface area contributed by atoms with Crippen LogP contribution in [0.1, 0.15) is 36.5 Å². The maximum Gasteiger partial charge on any atom is 0.254 e. The zero-order valence-electron chi connectivity index (χ0n) is 12.6. The van der Waals surface area contributed by atoms with E-state index >= 15 is 0 Å². The quantitative estimate of drug-likeness (QED) is 0.932. The molecule has 0 bridgehead atoms. The summed E-state index contributed by atoms with van der Waals surface area (Å²) in [7, 11) is 0. The van der Waals surface area contributed by atoms with E-state index < -0.39 is 0 Å². The summed E-state index contributed by atoms with van der Waals surface area (Å²) in [5, 5.41) is 17.3. The summed E-state index contributed by atoms with van der Waals surface area (Å²) in [4.78, 5) is 14.6. The molecule has 2 aromatic rings. The Hall–Kier alpha value is -2.21. The molecule has 1 N–H and O–H groups in total. The molecule has 6 heteroatoms. The fourth-order valence-electron chi connectivity index (χ4n) is 3.04. The van der Waals surface area contributed by atoms with E-state index in [1.807, 2.05) is 29.2 Å². The summed E-state index contributed by atoms with van der Waals surface area (Å²) in [5.74, 6) is 0.0186. The number of carbonyl (C=O) groups is 1. The van der Waals surface area contributed by atoms with E-state index in [0.29, 0.717) is 12.0 Å². The number of hydrogen-bond donors (Lipinski definition) is 1. The number of aliphatic hydroxyl groups is 1. The van der Waals surface area contributed by atoms with Crippen LogP contribution in [0, 0.1) is 0 Å². The molecule has 3 rings (SSSR count). The number of carbonyl (C=O) groups excluding carboxylic acids is 1. The Morgan fingerprint density at radius 1 is 1.50 bits per heavy atom. The predicted molar refractivity (Wildman–Crippen MR) is 81.7 cm³/mol. The van der Waals surface area contributed by atoms with Crippen LogP contribution in [0.5, 0.6) is 0 Å². The fourth-order valence-corrected chi connectivity index (χ4v) is 3.04. The second kappa shape index (κ2) is 6.27. The van der Waals surface area contributed by atoms with Crippen molar-refractivity contribution in [2.75, 3.05) is 6.54 Å². The van der Waals surface area contributed by atoms with Crippen molar-refractivity contribution in [1.82, 2.24) is 19.9 Å². The third kappa shape index (κ3) is 3.01. The minimum Gasteiger partial charge on any atom is -0.393 e. The highest BCUT2D eigenvalue weighted by Gasteiger charge is 2.30. The number of likely N-dealkylation sites (tertiary alicyclic amines) is 1. The molecule has 1 aliphatic rings. The van der Waals surface area contributed by atoms with Gasteiger partial charge in [0.25, 0.3) is 5.91 Å². The van der Waals surface area contributed by atoms with Crippen LogP contribution >= 0.6 is 0 Å². The van der Waals surface area contributed by atoms with Gasteiger partial charge in [-0.25, -0.2) is 4.68 Å². The average Bonchev–Trinajstić information content (AvgIpc) is 3.17. The van der Waals surface area contributed by atoms with Gasteiger partial charge in [0.15, 0.2) is 0 Å². The van der Waals surface area contributed by atoms with E-state index in [2.05, 4.69) is 10.3 Å². The lowest BCUT2D eigenvalue weighted by atomic mass is 10.1. The number of nitrogens with zero attached hydrogens (tertiary/aromatic N) is 4. The van der Waals surface area contributed by atoms with Crippen molar-refractivity contribution in [2.24, 2.45) is 0 Å². The van der Waals surface area contributed by atoms with E-state index in [1.165, 1.54) is 0 Å². The van der Waals surface area contributed by atoms with Gasteiger partial charge in [0, 0.05) is 18.2 Å². The minimum absolute atomic E-state index is 0.0186. The summed E-state index contributed by atoms with van der Waals surface area (Å²) in [6.07, 6.45) is 5.54. The Kier molecular flexibility index (Phi) is 4.20. The lowest BCUT2D eigenvalue weighted by Gasteiger charge is -2.26. The lowest BCUT2D eigenvalue weighted by molar-refractivity contribution is 0.0682. The molecule has 0 saturated carbocycles. The van der Waals surface area contributed by atoms with Gasteiger partial charge in [-0.3, -0.25) is 4.79 Å². The van der Waals surface area contributed by atoms with Crippen molar-refractivity contribution < 1.29 is 9.90 Å². The third-order valence-electron chi connectivity index (χ3n) is 4.03. The van der Waals surface area contributed by atoms with Gasteiger partial charge in [-0.1, -0.05) is 11.3 Å². The first kappa shape index (κ1) is 14.7. The predicted octanol–water partition coefficient (Wildman–Crippen LogP) is 1.64. The first-order valence-electron chi connectivity index (χ1n) is 7.61. The molecule has 1 aromatic heterocycles. The highest BCUT2D eigenvalue weighted by atomic mass is 16.3. The van der Waals surface area contributed by atoms with Gasteiger partial charge in [-0.15, -0.1) is 5.10 Å². The molecule has 1 fully saturated rings. The van der Waals surface area contributed by atoms with Crippen LogP contribution in [0.2, 0.25) is 0 Å². The SMILES string of the molecule is CC(O)CC1CCCN1C(=O)c1cccc(-n2ccnn2)c1. The zero-order valence-corrected chi connectivity index (χ0v) is 12.6. The van der Waals surface area contributed by atoms with Gasteiger partial charge in [0.1, 0.15) is 0 Å². The van der Waals surface area contributed by atoms with E-state index in [9.17, 15) is 9.90 Å². The standard InChI is InChI=1S/C16H20N4O2/c1-12(21)10-14-6-3-8-19(14)16(22)13-4-2-5-15(11-13)20-9-7-17-18-20/h2,4-5,7,9,11-12,14,21H,3,6,8,10H2,1H3. The summed E-state index contributed by atoms with van der Waals surface area (Å²) in [6.45, 7) is 2.52. The molecule has 2 unspecified atom stereocenters. The van der Waals surface area contributed by atoms with E-state index in [0.717, 1.165) is 25.1 Å². The number of benzene rings is 1. The monoisotopic (exact) mass is 300 g/mol. The molecule has 116 valence electrons. The summed E-state index contributed by atoms with van der Waals surface area (Å²) in [6, 6.07) is 7.52. The largest absolute Gasteiger partial charge is 0.393 e. The third-order valence-corrected chi connectivity index (χ3v) is 4.03. The number of rotatable bonds is 4. The van der Waals surface area contributed by atoms with Crippen LogP contribution in [0.4, 0.5) is 0 Å². The van der Waals surface area contributed by atoms with E-state index in [-0.39, 0.29) is 18.1 Å². The second-order valence-electron chi connectivity index (χ2n) is 5.78. The summed E-state index contributed by atoms with van der Waals surface area (Å²) in [5.41, 5.74) is 1.46. The fraction of sp³-hybridized carbons (Fsp3) is 0.438. The Bertz CT molecular complexity index is 639. The lowest BCUT2D eigenvalue weighted by Crippen LogP contribution is -2.37. The van der Waals surface area contributed by atoms with Crippen LogP contribution in [0.15, 0.2) is 36.7 Å². The van der Waals surface area contributed by atoms with Crippen molar-refractivity contribution in [3.8, 4) is 5.69 Å². The van der Waals surface area contributed by atoms with E-state index in [4.69, 9.17) is 0 Å². The average molecular weight is 300 g/mol. The topological polar surface area (TPSA) is 71.2 Å². The van der Waals surface area contributed by atoms with Crippen LogP contribution in [-0.2, 0) is 0 Å². The van der Waals surface area contributed by atoms with Crippen molar-refractivity contribution in [1.29, 1.82) is 0 Å². The Morgan fingerprint density at radius 2 is 2.36 bits per heavy atom. The normalized spacial score (nSPS) is 19.4. The first-order chi connectivity index (χ1) is 10.6. The van der Waals surface area contributed by atoms with Gasteiger partial charge in [0.05, 0.1) is 24.2 Å². The molecule has 6 nitrogen and oxygen atoms in total. The molecule has 2 heterocycles. The first-order valence-corrected chi connectivity index (χ1v) is 7.61. The van der Waals surface area contributed by atoms with Gasteiger partial charge in [0.2, 0.25) is 0 Å². The van der Waals surface area contributed by atoms with Crippen molar-refractivity contribution in [3.05, 3.63) is 42.2 Å². The van der Waals surface area contributed by atoms with Crippen molar-refractivity contribution in [3.63, 3.8) is 0 Å². The van der Waals surface area contributed by atoms with Crippen LogP contribution < -0.4 is 0 Å². The summed E-state index contributed by atoms with van der Waals surface area (Å²) >= 11 is 0. The van der Waals surface area contributed by atoms with Crippen LogP contribution in [-0.4, -0.2) is 49.6 Å². The van der Waals surface area contributed by atoms with Gasteiger partial charge < -0.3 is 10.0 Å². The highest BCUT2D eigenvalue weighted by Crippen LogP contribution is 2.24. The number of hydrogen-bond acceptors (Lipinski definition) is 4. The molecule has 1 aliphatic heterocycles. The maximum atomic E-state index is 12.8. The zero-order chi connectivity index (χ0) is 15.5. The molecule has 1 saturated heterocycles. The molecule has 0 spiro atoms. The number of amides is 1.